The quantitative estimate of drug-likeness (QED) is 0.579. The van der Waals surface area contributed by atoms with E-state index in [0.29, 0.717) is 5.56 Å². The molecule has 3 nitrogen and oxygen atoms in total. The first-order chi connectivity index (χ1) is 7.65. The summed E-state index contributed by atoms with van der Waals surface area (Å²) < 4.78 is 4.77. The lowest BCUT2D eigenvalue weighted by Gasteiger charge is -2.08. The Morgan fingerprint density at radius 1 is 1.25 bits per heavy atom. The Balaban J connectivity index is 2.55. The first kappa shape index (κ1) is 12.4. The second-order valence-electron chi connectivity index (χ2n) is 3.76. The van der Waals surface area contributed by atoms with Crippen molar-refractivity contribution < 1.29 is 14.3 Å². The number of esters is 2. The van der Waals surface area contributed by atoms with Gasteiger partial charge in [0.15, 0.2) is 0 Å². The van der Waals surface area contributed by atoms with E-state index in [1.165, 1.54) is 0 Å². The molecule has 1 rings (SSSR count). The second kappa shape index (κ2) is 6.05. The fourth-order valence-electron chi connectivity index (χ4n) is 1.38. The Kier molecular flexibility index (Phi) is 4.70. The fourth-order valence-corrected chi connectivity index (χ4v) is 1.38. The van der Waals surface area contributed by atoms with Crippen LogP contribution in [0.4, 0.5) is 0 Å². The minimum absolute atomic E-state index is 0.224. The number of carbonyl (C=O) groups is 2. The van der Waals surface area contributed by atoms with E-state index in [1.54, 1.807) is 37.3 Å². The monoisotopic (exact) mass is 220 g/mol. The Hall–Kier alpha value is -1.64. The summed E-state index contributed by atoms with van der Waals surface area (Å²) in [5.41, 5.74) is 0.402. The van der Waals surface area contributed by atoms with Gasteiger partial charge in [-0.25, -0.2) is 4.79 Å². The number of benzene rings is 1. The van der Waals surface area contributed by atoms with E-state index in [9.17, 15) is 9.59 Å². The molecule has 0 saturated carbocycles. The van der Waals surface area contributed by atoms with Gasteiger partial charge in [0, 0.05) is 0 Å². The zero-order chi connectivity index (χ0) is 12.0. The summed E-state index contributed by atoms with van der Waals surface area (Å²) in [6.45, 7) is 3.76. The third-order valence-corrected chi connectivity index (χ3v) is 2.33. The molecule has 0 radical (unpaired) electrons. The molecule has 0 amide bonds. The van der Waals surface area contributed by atoms with Gasteiger partial charge in [0.2, 0.25) is 0 Å². The van der Waals surface area contributed by atoms with E-state index in [-0.39, 0.29) is 5.92 Å². The van der Waals surface area contributed by atoms with Crippen LogP contribution in [0.25, 0.3) is 0 Å². The van der Waals surface area contributed by atoms with Crippen LogP contribution >= 0.6 is 0 Å². The van der Waals surface area contributed by atoms with Gasteiger partial charge in [-0.3, -0.25) is 4.79 Å². The van der Waals surface area contributed by atoms with Crippen LogP contribution in [0.1, 0.15) is 37.0 Å². The number of rotatable bonds is 4. The van der Waals surface area contributed by atoms with Gasteiger partial charge in [-0.05, 0) is 18.6 Å². The molecule has 0 spiro atoms. The van der Waals surface area contributed by atoms with Gasteiger partial charge < -0.3 is 4.74 Å². The molecule has 86 valence electrons. The molecule has 0 N–H and O–H groups in total. The largest absolute Gasteiger partial charge is 0.389 e. The molecular formula is C13H16O3. The summed E-state index contributed by atoms with van der Waals surface area (Å²) in [6, 6.07) is 8.52. The normalized spacial score (nSPS) is 11.9. The summed E-state index contributed by atoms with van der Waals surface area (Å²) in [7, 11) is 0. The molecule has 3 heteroatoms. The molecular weight excluding hydrogens is 204 g/mol. The first-order valence-corrected chi connectivity index (χ1v) is 5.46. The number of ether oxygens (including phenoxy) is 1. The Morgan fingerprint density at radius 3 is 2.44 bits per heavy atom. The zero-order valence-electron chi connectivity index (χ0n) is 9.60. The second-order valence-corrected chi connectivity index (χ2v) is 3.76. The highest BCUT2D eigenvalue weighted by molar-refractivity contribution is 5.97. The molecule has 0 heterocycles. The van der Waals surface area contributed by atoms with Crippen molar-refractivity contribution >= 4 is 11.9 Å². The van der Waals surface area contributed by atoms with Gasteiger partial charge in [-0.2, -0.15) is 0 Å². The van der Waals surface area contributed by atoms with Crippen LogP contribution in [0.15, 0.2) is 30.3 Å². The summed E-state index contributed by atoms with van der Waals surface area (Å²) in [6.07, 6.45) is 1.64. The summed E-state index contributed by atoms with van der Waals surface area (Å²) in [5, 5.41) is 0. The van der Waals surface area contributed by atoms with Crippen LogP contribution in [-0.4, -0.2) is 11.9 Å². The lowest BCUT2D eigenvalue weighted by Crippen LogP contribution is -2.19. The topological polar surface area (TPSA) is 43.4 Å². The highest BCUT2D eigenvalue weighted by Gasteiger charge is 2.18. The van der Waals surface area contributed by atoms with E-state index in [0.717, 1.165) is 12.8 Å². The predicted octanol–water partition coefficient (Wildman–Crippen LogP) is 2.81. The van der Waals surface area contributed by atoms with Crippen LogP contribution in [0.5, 0.6) is 0 Å². The van der Waals surface area contributed by atoms with E-state index in [2.05, 4.69) is 0 Å². The molecule has 16 heavy (non-hydrogen) atoms. The van der Waals surface area contributed by atoms with Crippen molar-refractivity contribution in [1.82, 2.24) is 0 Å². The molecule has 1 atom stereocenters. The number of hydrogen-bond acceptors (Lipinski definition) is 3. The van der Waals surface area contributed by atoms with Crippen molar-refractivity contribution in [1.29, 1.82) is 0 Å². The molecule has 0 saturated heterocycles. The Morgan fingerprint density at radius 2 is 1.88 bits per heavy atom. The maximum Gasteiger partial charge on any atom is 0.345 e. The molecule has 0 fully saturated rings. The highest BCUT2D eigenvalue weighted by atomic mass is 16.6. The van der Waals surface area contributed by atoms with E-state index >= 15 is 0 Å². The summed E-state index contributed by atoms with van der Waals surface area (Å²) in [4.78, 5) is 23.0. The molecule has 0 aliphatic rings. The van der Waals surface area contributed by atoms with Crippen molar-refractivity contribution in [3.05, 3.63) is 35.9 Å². The van der Waals surface area contributed by atoms with Crippen LogP contribution in [0.3, 0.4) is 0 Å². The van der Waals surface area contributed by atoms with Gasteiger partial charge in [0.1, 0.15) is 0 Å². The maximum atomic E-state index is 11.5. The Labute approximate surface area is 95.4 Å². The van der Waals surface area contributed by atoms with Crippen molar-refractivity contribution in [2.45, 2.75) is 26.7 Å². The van der Waals surface area contributed by atoms with Gasteiger partial charge in [-0.1, -0.05) is 38.5 Å². The molecule has 0 aliphatic carbocycles. The maximum absolute atomic E-state index is 11.5. The molecule has 0 aliphatic heterocycles. The lowest BCUT2D eigenvalue weighted by molar-refractivity contribution is -0.142. The molecule has 0 bridgehead atoms. The smallest absolute Gasteiger partial charge is 0.345 e. The van der Waals surface area contributed by atoms with E-state index in [4.69, 9.17) is 4.74 Å². The summed E-state index contributed by atoms with van der Waals surface area (Å²) in [5.74, 6) is -1.25. The lowest BCUT2D eigenvalue weighted by atomic mass is 10.1. The zero-order valence-corrected chi connectivity index (χ0v) is 9.60. The van der Waals surface area contributed by atoms with E-state index < -0.39 is 11.9 Å². The van der Waals surface area contributed by atoms with Gasteiger partial charge in [0.05, 0.1) is 11.5 Å². The minimum atomic E-state index is -0.575. The molecule has 1 aromatic carbocycles. The Bertz CT molecular complexity index is 357. The van der Waals surface area contributed by atoms with Crippen molar-refractivity contribution in [3.63, 3.8) is 0 Å². The molecule has 0 aromatic heterocycles. The van der Waals surface area contributed by atoms with Crippen LogP contribution in [0.2, 0.25) is 0 Å². The average molecular weight is 220 g/mol. The van der Waals surface area contributed by atoms with Crippen LogP contribution < -0.4 is 0 Å². The third kappa shape index (κ3) is 3.50. The first-order valence-electron chi connectivity index (χ1n) is 5.46. The fraction of sp³-hybridized carbons (Fsp3) is 0.385. The van der Waals surface area contributed by atoms with Gasteiger partial charge in [0.25, 0.3) is 0 Å². The number of hydrogen-bond donors (Lipinski definition) is 0. The van der Waals surface area contributed by atoms with Gasteiger partial charge in [-0.15, -0.1) is 0 Å². The third-order valence-electron chi connectivity index (χ3n) is 2.33. The summed E-state index contributed by atoms with van der Waals surface area (Å²) >= 11 is 0. The van der Waals surface area contributed by atoms with Crippen LogP contribution in [0, 0.1) is 5.92 Å². The van der Waals surface area contributed by atoms with Crippen molar-refractivity contribution in [3.8, 4) is 0 Å². The minimum Gasteiger partial charge on any atom is -0.389 e. The van der Waals surface area contributed by atoms with Crippen molar-refractivity contribution in [2.24, 2.45) is 5.92 Å². The standard InChI is InChI=1S/C13H16O3/c1-3-7-10(2)12(14)16-13(15)11-8-5-4-6-9-11/h4-6,8-10H,3,7H2,1-2H3. The molecule has 1 aromatic rings. The van der Waals surface area contributed by atoms with Crippen LogP contribution in [-0.2, 0) is 9.53 Å². The average Bonchev–Trinajstić information content (AvgIpc) is 2.30. The number of carbonyl (C=O) groups excluding carboxylic acids is 2. The predicted molar refractivity (Wildman–Crippen MR) is 60.9 cm³/mol. The van der Waals surface area contributed by atoms with Crippen molar-refractivity contribution in [2.75, 3.05) is 0 Å². The highest BCUT2D eigenvalue weighted by Crippen LogP contribution is 2.09. The van der Waals surface area contributed by atoms with E-state index in [1.807, 2.05) is 6.92 Å². The molecule has 1 unspecified atom stereocenters. The SMILES string of the molecule is CCCC(C)C(=O)OC(=O)c1ccccc1. The van der Waals surface area contributed by atoms with Gasteiger partial charge >= 0.3 is 11.9 Å².